The van der Waals surface area contributed by atoms with E-state index in [-0.39, 0.29) is 5.78 Å². The van der Waals surface area contributed by atoms with Gasteiger partial charge in [0.15, 0.2) is 12.1 Å². The van der Waals surface area contributed by atoms with E-state index in [9.17, 15) is 4.79 Å². The first-order valence-electron chi connectivity index (χ1n) is 3.41. The van der Waals surface area contributed by atoms with Crippen LogP contribution in [0.1, 0.15) is 26.7 Å². The van der Waals surface area contributed by atoms with Crippen LogP contribution in [0.2, 0.25) is 0 Å². The molecule has 1 saturated heterocycles. The van der Waals surface area contributed by atoms with Gasteiger partial charge in [-0.15, -0.1) is 0 Å². The van der Waals surface area contributed by atoms with Crippen molar-refractivity contribution < 1.29 is 14.6 Å². The first-order chi connectivity index (χ1) is 4.54. The lowest BCUT2D eigenvalue weighted by Crippen LogP contribution is -2.33. The van der Waals surface area contributed by atoms with Gasteiger partial charge < -0.3 is 9.84 Å². The van der Waals surface area contributed by atoms with E-state index in [1.807, 2.05) is 0 Å². The van der Waals surface area contributed by atoms with Crippen LogP contribution in [0.25, 0.3) is 0 Å². The molecule has 0 aliphatic carbocycles. The van der Waals surface area contributed by atoms with E-state index >= 15 is 0 Å². The topological polar surface area (TPSA) is 46.5 Å². The van der Waals surface area contributed by atoms with Crippen LogP contribution in [0, 0.1) is 0 Å². The highest BCUT2D eigenvalue weighted by Crippen LogP contribution is 2.29. The Morgan fingerprint density at radius 1 is 1.80 bits per heavy atom. The van der Waals surface area contributed by atoms with Crippen LogP contribution in [-0.4, -0.2) is 22.8 Å². The first kappa shape index (κ1) is 7.69. The largest absolute Gasteiger partial charge is 0.368 e. The Morgan fingerprint density at radius 2 is 2.40 bits per heavy atom. The van der Waals surface area contributed by atoms with Crippen molar-refractivity contribution in [3.63, 3.8) is 0 Å². The van der Waals surface area contributed by atoms with Crippen LogP contribution in [0.4, 0.5) is 0 Å². The molecule has 10 heavy (non-hydrogen) atoms. The Morgan fingerprint density at radius 3 is 2.60 bits per heavy atom. The van der Waals surface area contributed by atoms with E-state index < -0.39 is 11.9 Å². The number of ether oxygens (including phenoxy) is 1. The summed E-state index contributed by atoms with van der Waals surface area (Å²) in [5, 5.41) is 8.94. The molecule has 0 spiro atoms. The first-order valence-corrected chi connectivity index (χ1v) is 3.41. The predicted octanol–water partition coefficient (Wildman–Crippen LogP) is 0.463. The molecule has 0 bridgehead atoms. The van der Waals surface area contributed by atoms with Gasteiger partial charge in [-0.05, 0) is 20.3 Å². The average Bonchev–Trinajstić information content (AvgIpc) is 2.13. The molecule has 3 heteroatoms. The zero-order valence-electron chi connectivity index (χ0n) is 6.26. The highest BCUT2D eigenvalue weighted by molar-refractivity contribution is 5.84. The number of Topliss-reactive ketones (excluding diaryl/α,β-unsaturated/α-hetero) is 1. The van der Waals surface area contributed by atoms with Crippen molar-refractivity contribution in [2.45, 2.75) is 38.6 Å². The van der Waals surface area contributed by atoms with Gasteiger partial charge in [0.25, 0.3) is 0 Å². The van der Waals surface area contributed by atoms with Crippen molar-refractivity contribution in [2.75, 3.05) is 0 Å². The van der Waals surface area contributed by atoms with E-state index in [0.29, 0.717) is 12.8 Å². The van der Waals surface area contributed by atoms with Gasteiger partial charge in [0, 0.05) is 6.42 Å². The molecule has 0 aromatic rings. The fourth-order valence-electron chi connectivity index (χ4n) is 1.08. The number of ketones is 1. The summed E-state index contributed by atoms with van der Waals surface area (Å²) in [6.07, 6.45) is 0.452. The molecule has 0 aromatic heterocycles. The molecule has 0 saturated carbocycles. The highest BCUT2D eigenvalue weighted by atomic mass is 16.6. The molecular weight excluding hydrogens is 132 g/mol. The van der Waals surface area contributed by atoms with Crippen molar-refractivity contribution in [1.29, 1.82) is 0 Å². The highest BCUT2D eigenvalue weighted by Gasteiger charge is 2.38. The fraction of sp³-hybridized carbons (Fsp3) is 0.857. The van der Waals surface area contributed by atoms with Gasteiger partial charge in [-0.3, -0.25) is 4.79 Å². The van der Waals surface area contributed by atoms with Gasteiger partial charge in [0.05, 0.1) is 0 Å². The minimum absolute atomic E-state index is 0.0101. The summed E-state index contributed by atoms with van der Waals surface area (Å²) in [5.74, 6) is -0.0101. The third-order valence-electron chi connectivity index (χ3n) is 2.01. The number of carbonyl (C=O) groups is 1. The van der Waals surface area contributed by atoms with Gasteiger partial charge >= 0.3 is 0 Å². The molecule has 2 atom stereocenters. The average molecular weight is 144 g/mol. The summed E-state index contributed by atoms with van der Waals surface area (Å²) >= 11 is 0. The van der Waals surface area contributed by atoms with Gasteiger partial charge in [-0.2, -0.15) is 0 Å². The molecular formula is C7H12O3. The summed E-state index contributed by atoms with van der Waals surface area (Å²) in [4.78, 5) is 10.9. The van der Waals surface area contributed by atoms with Crippen molar-refractivity contribution in [2.24, 2.45) is 0 Å². The molecule has 58 valence electrons. The third kappa shape index (κ3) is 1.20. The van der Waals surface area contributed by atoms with E-state index in [1.54, 1.807) is 6.92 Å². The zero-order valence-corrected chi connectivity index (χ0v) is 6.26. The predicted molar refractivity (Wildman–Crippen MR) is 35.4 cm³/mol. The molecule has 1 N–H and O–H groups in total. The smallest absolute Gasteiger partial charge is 0.161 e. The number of hydrogen-bond acceptors (Lipinski definition) is 3. The second-order valence-electron chi connectivity index (χ2n) is 2.90. The Labute approximate surface area is 60.0 Å². The number of rotatable bonds is 1. The van der Waals surface area contributed by atoms with Gasteiger partial charge in [-0.1, -0.05) is 0 Å². The van der Waals surface area contributed by atoms with Crippen molar-refractivity contribution >= 4 is 5.78 Å². The lowest BCUT2D eigenvalue weighted by atomic mass is 9.99. The minimum Gasteiger partial charge on any atom is -0.368 e. The van der Waals surface area contributed by atoms with Crippen LogP contribution in [0.5, 0.6) is 0 Å². The lowest BCUT2D eigenvalue weighted by molar-refractivity contribution is -0.158. The quantitative estimate of drug-likeness (QED) is 0.581. The Hall–Kier alpha value is -0.410. The fourth-order valence-corrected chi connectivity index (χ4v) is 1.08. The van der Waals surface area contributed by atoms with Gasteiger partial charge in [0.1, 0.15) is 5.60 Å². The number of aliphatic hydroxyl groups excluding tert-OH is 1. The van der Waals surface area contributed by atoms with E-state index in [4.69, 9.17) is 9.84 Å². The van der Waals surface area contributed by atoms with Crippen LogP contribution >= 0.6 is 0 Å². The standard InChI is InChI=1S/C7H12O3/c1-5(8)7(2)4-3-6(9)10-7/h6,9H,3-4H2,1-2H3/t6-,7-/m0/s1. The molecule has 1 rings (SSSR count). The second-order valence-corrected chi connectivity index (χ2v) is 2.90. The van der Waals surface area contributed by atoms with Crippen LogP contribution in [0.3, 0.4) is 0 Å². The maximum atomic E-state index is 10.9. The molecule has 3 nitrogen and oxygen atoms in total. The Balaban J connectivity index is 2.63. The Kier molecular flexibility index (Phi) is 1.79. The number of hydrogen-bond donors (Lipinski definition) is 1. The van der Waals surface area contributed by atoms with E-state index in [2.05, 4.69) is 0 Å². The molecule has 1 heterocycles. The third-order valence-corrected chi connectivity index (χ3v) is 2.01. The SMILES string of the molecule is CC(=O)[C@]1(C)CC[C@@H](O)O1. The zero-order chi connectivity index (χ0) is 7.78. The van der Waals surface area contributed by atoms with Crippen molar-refractivity contribution in [3.05, 3.63) is 0 Å². The van der Waals surface area contributed by atoms with E-state index in [0.717, 1.165) is 0 Å². The molecule has 1 aliphatic rings. The molecule has 0 aromatic carbocycles. The van der Waals surface area contributed by atoms with Crippen molar-refractivity contribution in [3.8, 4) is 0 Å². The summed E-state index contributed by atoms with van der Waals surface area (Å²) in [6.45, 7) is 3.20. The van der Waals surface area contributed by atoms with Crippen LogP contribution in [-0.2, 0) is 9.53 Å². The molecule has 0 unspecified atom stereocenters. The normalized spacial score (nSPS) is 40.1. The molecule has 0 amide bonds. The van der Waals surface area contributed by atoms with Crippen LogP contribution < -0.4 is 0 Å². The minimum atomic E-state index is -0.742. The summed E-state index contributed by atoms with van der Waals surface area (Å²) in [5.41, 5.74) is -0.723. The van der Waals surface area contributed by atoms with Crippen LogP contribution in [0.15, 0.2) is 0 Å². The molecule has 0 radical (unpaired) electrons. The van der Waals surface area contributed by atoms with Crippen molar-refractivity contribution in [1.82, 2.24) is 0 Å². The number of aliphatic hydroxyl groups is 1. The summed E-state index contributed by atoms with van der Waals surface area (Å²) < 4.78 is 5.02. The molecule has 1 aliphatic heterocycles. The lowest BCUT2D eigenvalue weighted by Gasteiger charge is -2.19. The van der Waals surface area contributed by atoms with Gasteiger partial charge in [0.2, 0.25) is 0 Å². The summed E-state index contributed by atoms with van der Waals surface area (Å²) in [6, 6.07) is 0. The van der Waals surface area contributed by atoms with E-state index in [1.165, 1.54) is 6.92 Å². The molecule has 1 fully saturated rings. The van der Waals surface area contributed by atoms with Gasteiger partial charge in [-0.25, -0.2) is 0 Å². The summed E-state index contributed by atoms with van der Waals surface area (Å²) in [7, 11) is 0. The maximum absolute atomic E-state index is 10.9. The Bertz CT molecular complexity index is 155. The second kappa shape index (κ2) is 2.32. The number of carbonyl (C=O) groups excluding carboxylic acids is 1. The monoisotopic (exact) mass is 144 g/mol. The maximum Gasteiger partial charge on any atom is 0.161 e.